The smallest absolute Gasteiger partial charge is 0.433 e. The van der Waals surface area contributed by atoms with Crippen LogP contribution in [-0.4, -0.2) is 36.8 Å². The summed E-state index contributed by atoms with van der Waals surface area (Å²) in [5.74, 6) is -0.823. The molecule has 0 unspecified atom stereocenters. The Morgan fingerprint density at radius 2 is 2.03 bits per heavy atom. The number of pyridine rings is 2. The third kappa shape index (κ3) is 6.36. The van der Waals surface area contributed by atoms with E-state index in [-0.39, 0.29) is 30.0 Å². The van der Waals surface area contributed by atoms with Gasteiger partial charge in [-0.05, 0) is 32.0 Å². The average molecular weight is 433 g/mol. The summed E-state index contributed by atoms with van der Waals surface area (Å²) < 4.78 is 51.1. The van der Waals surface area contributed by atoms with Gasteiger partial charge in [-0.3, -0.25) is 4.98 Å². The maximum atomic E-state index is 13.2. The van der Waals surface area contributed by atoms with Crippen molar-refractivity contribution in [2.45, 2.75) is 32.7 Å². The van der Waals surface area contributed by atoms with E-state index in [2.05, 4.69) is 20.1 Å². The standard InChI is InChI=1S/C20H18F3N5O3/c1-13(2)31-17-10-14(9-16(26-17)20(21,22)23)19-25-12-28(27-19)8-6-18(29)30-11-15-5-3-4-7-24-15/h3-10,12-13H,11H2,1-2H3/b8-6-. The van der Waals surface area contributed by atoms with Gasteiger partial charge in [-0.15, -0.1) is 5.10 Å². The van der Waals surface area contributed by atoms with E-state index in [0.717, 1.165) is 12.1 Å². The van der Waals surface area contributed by atoms with Crippen LogP contribution < -0.4 is 4.74 Å². The first-order valence-electron chi connectivity index (χ1n) is 9.13. The zero-order valence-electron chi connectivity index (χ0n) is 16.6. The minimum Gasteiger partial charge on any atom is -0.475 e. The second kappa shape index (κ2) is 9.37. The van der Waals surface area contributed by atoms with Crippen molar-refractivity contribution in [3.63, 3.8) is 0 Å². The van der Waals surface area contributed by atoms with E-state index >= 15 is 0 Å². The fraction of sp³-hybridized carbons (Fsp3) is 0.250. The molecule has 0 atom stereocenters. The highest BCUT2D eigenvalue weighted by Crippen LogP contribution is 2.32. The van der Waals surface area contributed by atoms with Crippen molar-refractivity contribution in [1.29, 1.82) is 0 Å². The molecule has 0 bridgehead atoms. The molecular formula is C20H18F3N5O3. The van der Waals surface area contributed by atoms with Gasteiger partial charge >= 0.3 is 12.1 Å². The number of aromatic nitrogens is 5. The van der Waals surface area contributed by atoms with Crippen LogP contribution in [0.1, 0.15) is 25.2 Å². The molecule has 3 aromatic rings. The molecule has 0 aliphatic carbocycles. The van der Waals surface area contributed by atoms with E-state index in [4.69, 9.17) is 9.47 Å². The SMILES string of the molecule is CC(C)Oc1cc(-c2ncn(/C=C\C(=O)OCc3ccccn3)n2)cc(C(F)(F)F)n1. The summed E-state index contributed by atoms with van der Waals surface area (Å²) in [6.07, 6.45) is 0.183. The number of rotatable bonds is 7. The van der Waals surface area contributed by atoms with E-state index in [1.54, 1.807) is 38.2 Å². The minimum absolute atomic E-state index is 0.00246. The Bertz CT molecular complexity index is 1070. The molecule has 0 saturated carbocycles. The maximum Gasteiger partial charge on any atom is 0.433 e. The van der Waals surface area contributed by atoms with Gasteiger partial charge in [0.1, 0.15) is 18.6 Å². The molecule has 3 heterocycles. The Hall–Kier alpha value is -3.76. The van der Waals surface area contributed by atoms with Crippen LogP contribution in [0, 0.1) is 0 Å². The van der Waals surface area contributed by atoms with Crippen LogP contribution in [0.4, 0.5) is 13.2 Å². The molecule has 3 aromatic heterocycles. The summed E-state index contributed by atoms with van der Waals surface area (Å²) in [4.78, 5) is 23.3. The largest absolute Gasteiger partial charge is 0.475 e. The van der Waals surface area contributed by atoms with E-state index in [9.17, 15) is 18.0 Å². The Morgan fingerprint density at radius 3 is 2.71 bits per heavy atom. The molecule has 0 amide bonds. The summed E-state index contributed by atoms with van der Waals surface area (Å²) in [5.41, 5.74) is -0.460. The van der Waals surface area contributed by atoms with Crippen LogP contribution in [0.25, 0.3) is 17.6 Å². The van der Waals surface area contributed by atoms with Gasteiger partial charge in [0, 0.05) is 30.1 Å². The molecule has 162 valence electrons. The van der Waals surface area contributed by atoms with Gasteiger partial charge in [0.2, 0.25) is 5.88 Å². The summed E-state index contributed by atoms with van der Waals surface area (Å²) in [7, 11) is 0. The maximum absolute atomic E-state index is 13.2. The first kappa shape index (κ1) is 21.9. The fourth-order valence-corrected chi connectivity index (χ4v) is 2.37. The summed E-state index contributed by atoms with van der Waals surface area (Å²) in [5, 5.41) is 4.06. The van der Waals surface area contributed by atoms with E-state index in [1.807, 2.05) is 0 Å². The lowest BCUT2D eigenvalue weighted by Crippen LogP contribution is -2.12. The molecule has 0 aromatic carbocycles. The quantitative estimate of drug-likeness (QED) is 0.414. The van der Waals surface area contributed by atoms with Crippen molar-refractivity contribution < 1.29 is 27.4 Å². The predicted molar refractivity (Wildman–Crippen MR) is 103 cm³/mol. The van der Waals surface area contributed by atoms with Gasteiger partial charge in [0.15, 0.2) is 5.82 Å². The number of carbonyl (C=O) groups is 1. The summed E-state index contributed by atoms with van der Waals surface area (Å²) >= 11 is 0. The average Bonchev–Trinajstić information content (AvgIpc) is 3.19. The number of carbonyl (C=O) groups excluding carboxylic acids is 1. The predicted octanol–water partition coefficient (Wildman–Crippen LogP) is 3.76. The number of hydrogen-bond donors (Lipinski definition) is 0. The highest BCUT2D eigenvalue weighted by atomic mass is 19.4. The molecule has 0 spiro atoms. The molecule has 0 N–H and O–H groups in total. The van der Waals surface area contributed by atoms with Crippen LogP contribution in [0.5, 0.6) is 5.88 Å². The molecule has 3 rings (SSSR count). The Kier molecular flexibility index (Phi) is 6.63. The van der Waals surface area contributed by atoms with Gasteiger partial charge in [-0.2, -0.15) is 13.2 Å². The number of nitrogens with zero attached hydrogens (tertiary/aromatic N) is 5. The molecule has 0 saturated heterocycles. The third-order valence-electron chi connectivity index (χ3n) is 3.67. The summed E-state index contributed by atoms with van der Waals surface area (Å²) in [6, 6.07) is 7.37. The molecule has 8 nitrogen and oxygen atoms in total. The number of halogens is 3. The molecular weight excluding hydrogens is 415 g/mol. The van der Waals surface area contributed by atoms with Crippen LogP contribution in [0.15, 0.2) is 48.9 Å². The monoisotopic (exact) mass is 433 g/mol. The zero-order chi connectivity index (χ0) is 22.4. The van der Waals surface area contributed by atoms with Crippen molar-refractivity contribution in [1.82, 2.24) is 24.7 Å². The number of ether oxygens (including phenoxy) is 2. The van der Waals surface area contributed by atoms with Crippen molar-refractivity contribution in [3.8, 4) is 17.3 Å². The first-order valence-corrected chi connectivity index (χ1v) is 9.13. The lowest BCUT2D eigenvalue weighted by molar-refractivity contribution is -0.141. The molecule has 0 aliphatic heterocycles. The molecule has 0 fully saturated rings. The second-order valence-electron chi connectivity index (χ2n) is 6.54. The van der Waals surface area contributed by atoms with E-state index < -0.39 is 17.8 Å². The van der Waals surface area contributed by atoms with Crippen molar-refractivity contribution >= 4 is 12.2 Å². The van der Waals surface area contributed by atoms with Gasteiger partial charge < -0.3 is 9.47 Å². The van der Waals surface area contributed by atoms with Crippen molar-refractivity contribution in [2.24, 2.45) is 0 Å². The first-order chi connectivity index (χ1) is 14.7. The molecule has 11 heteroatoms. The molecule has 0 radical (unpaired) electrons. The van der Waals surface area contributed by atoms with E-state index in [1.165, 1.54) is 23.3 Å². The van der Waals surface area contributed by atoms with Gasteiger partial charge in [-0.25, -0.2) is 19.4 Å². The Morgan fingerprint density at radius 1 is 1.23 bits per heavy atom. The van der Waals surface area contributed by atoms with Crippen LogP contribution in [0.2, 0.25) is 0 Å². The fourth-order valence-electron chi connectivity index (χ4n) is 2.37. The number of hydrogen-bond acceptors (Lipinski definition) is 7. The zero-order valence-corrected chi connectivity index (χ0v) is 16.6. The van der Waals surface area contributed by atoms with Gasteiger partial charge in [0.05, 0.1) is 11.8 Å². The minimum atomic E-state index is -4.66. The summed E-state index contributed by atoms with van der Waals surface area (Å²) in [6.45, 7) is 3.35. The lowest BCUT2D eigenvalue weighted by Gasteiger charge is -2.12. The molecule has 31 heavy (non-hydrogen) atoms. The highest BCUT2D eigenvalue weighted by Gasteiger charge is 2.34. The van der Waals surface area contributed by atoms with E-state index in [0.29, 0.717) is 5.69 Å². The number of esters is 1. The topological polar surface area (TPSA) is 92.0 Å². The normalized spacial score (nSPS) is 11.8. The van der Waals surface area contributed by atoms with Crippen LogP contribution in [0.3, 0.4) is 0 Å². The lowest BCUT2D eigenvalue weighted by atomic mass is 10.2. The molecule has 0 aliphatic rings. The second-order valence-corrected chi connectivity index (χ2v) is 6.54. The third-order valence-corrected chi connectivity index (χ3v) is 3.67. The highest BCUT2D eigenvalue weighted by molar-refractivity contribution is 5.84. The van der Waals surface area contributed by atoms with Crippen LogP contribution >= 0.6 is 0 Å². The van der Waals surface area contributed by atoms with Gasteiger partial charge in [0.25, 0.3) is 0 Å². The van der Waals surface area contributed by atoms with Crippen molar-refractivity contribution in [2.75, 3.05) is 0 Å². The Balaban J connectivity index is 1.73. The van der Waals surface area contributed by atoms with Crippen LogP contribution in [-0.2, 0) is 22.3 Å². The Labute approximate surface area is 175 Å². The van der Waals surface area contributed by atoms with Crippen molar-refractivity contribution in [3.05, 3.63) is 60.3 Å². The van der Waals surface area contributed by atoms with Gasteiger partial charge in [-0.1, -0.05) is 6.07 Å². The number of alkyl halides is 3.